The SMILES string of the molecule is CCNC(=NCCSC)NC1CCN(c2ccc(Br)cc2)C1.I. The van der Waals surface area contributed by atoms with Crippen LogP contribution in [-0.4, -0.2) is 50.2 Å². The van der Waals surface area contributed by atoms with E-state index in [1.165, 1.54) is 5.69 Å². The van der Waals surface area contributed by atoms with E-state index in [4.69, 9.17) is 0 Å². The van der Waals surface area contributed by atoms with Gasteiger partial charge in [-0.05, 0) is 43.9 Å². The predicted molar refractivity (Wildman–Crippen MR) is 118 cm³/mol. The van der Waals surface area contributed by atoms with E-state index in [2.05, 4.69) is 73.9 Å². The monoisotopic (exact) mass is 512 g/mol. The topological polar surface area (TPSA) is 39.7 Å². The van der Waals surface area contributed by atoms with Crippen LogP contribution in [0.2, 0.25) is 0 Å². The highest BCUT2D eigenvalue weighted by atomic mass is 127. The summed E-state index contributed by atoms with van der Waals surface area (Å²) >= 11 is 5.32. The summed E-state index contributed by atoms with van der Waals surface area (Å²) in [4.78, 5) is 7.05. The number of nitrogens with one attached hydrogen (secondary N) is 2. The molecule has 0 spiro atoms. The summed E-state index contributed by atoms with van der Waals surface area (Å²) in [6.07, 6.45) is 3.26. The zero-order valence-electron chi connectivity index (χ0n) is 13.7. The summed E-state index contributed by atoms with van der Waals surface area (Å²) in [6.45, 7) is 5.97. The number of nitrogens with zero attached hydrogens (tertiary/aromatic N) is 2. The van der Waals surface area contributed by atoms with Gasteiger partial charge in [0.1, 0.15) is 0 Å². The van der Waals surface area contributed by atoms with E-state index in [1.807, 2.05) is 11.8 Å². The maximum atomic E-state index is 4.62. The molecule has 0 amide bonds. The van der Waals surface area contributed by atoms with Crippen LogP contribution in [0.1, 0.15) is 13.3 Å². The largest absolute Gasteiger partial charge is 0.369 e. The number of aliphatic imine (C=N–C) groups is 1. The zero-order valence-corrected chi connectivity index (χ0v) is 18.5. The number of thioether (sulfide) groups is 1. The third-order valence-corrected chi connectivity index (χ3v) is 4.75. The average molecular weight is 513 g/mol. The van der Waals surface area contributed by atoms with Gasteiger partial charge in [0.05, 0.1) is 6.54 Å². The van der Waals surface area contributed by atoms with Crippen molar-refractivity contribution in [1.82, 2.24) is 10.6 Å². The molecular weight excluding hydrogens is 487 g/mol. The number of hydrogen-bond acceptors (Lipinski definition) is 3. The Hall–Kier alpha value is -0.150. The molecule has 1 aliphatic heterocycles. The van der Waals surface area contributed by atoms with E-state index in [-0.39, 0.29) is 24.0 Å². The van der Waals surface area contributed by atoms with Gasteiger partial charge >= 0.3 is 0 Å². The Balaban J connectivity index is 0.00000264. The first-order chi connectivity index (χ1) is 10.7. The van der Waals surface area contributed by atoms with Gasteiger partial charge in [0.25, 0.3) is 0 Å². The van der Waals surface area contributed by atoms with Gasteiger partial charge in [-0.15, -0.1) is 24.0 Å². The second-order valence-electron chi connectivity index (χ2n) is 5.31. The standard InChI is InChI=1S/C16H25BrN4S.HI/c1-3-18-16(19-9-11-22-2)20-14-8-10-21(12-14)15-6-4-13(17)5-7-15;/h4-7,14H,3,8-12H2,1-2H3,(H2,18,19,20);1H. The molecule has 4 nitrogen and oxygen atoms in total. The number of guanidine groups is 1. The van der Waals surface area contributed by atoms with Crippen LogP contribution >= 0.6 is 51.7 Å². The lowest BCUT2D eigenvalue weighted by atomic mass is 10.3. The first kappa shape index (κ1) is 20.9. The van der Waals surface area contributed by atoms with Gasteiger partial charge in [-0.1, -0.05) is 15.9 Å². The molecule has 1 aromatic rings. The molecule has 2 rings (SSSR count). The van der Waals surface area contributed by atoms with Crippen molar-refractivity contribution in [1.29, 1.82) is 0 Å². The van der Waals surface area contributed by atoms with E-state index >= 15 is 0 Å². The third-order valence-electron chi connectivity index (χ3n) is 3.63. The average Bonchev–Trinajstić information content (AvgIpc) is 2.97. The van der Waals surface area contributed by atoms with E-state index in [0.29, 0.717) is 6.04 Å². The molecule has 1 saturated heterocycles. The summed E-state index contributed by atoms with van der Waals surface area (Å²) in [7, 11) is 0. The molecule has 1 aliphatic rings. The van der Waals surface area contributed by atoms with Crippen molar-refractivity contribution in [2.75, 3.05) is 43.1 Å². The second-order valence-corrected chi connectivity index (χ2v) is 7.21. The minimum atomic E-state index is 0. The van der Waals surface area contributed by atoms with Crippen LogP contribution in [-0.2, 0) is 0 Å². The number of benzene rings is 1. The predicted octanol–water partition coefficient (Wildman–Crippen LogP) is 3.56. The molecule has 1 aromatic carbocycles. The zero-order chi connectivity index (χ0) is 15.8. The molecule has 7 heteroatoms. The van der Waals surface area contributed by atoms with Crippen molar-refractivity contribution in [3.63, 3.8) is 0 Å². The normalized spacial score (nSPS) is 17.8. The van der Waals surface area contributed by atoms with Gasteiger partial charge in [-0.3, -0.25) is 4.99 Å². The first-order valence-corrected chi connectivity index (χ1v) is 9.96. The van der Waals surface area contributed by atoms with E-state index in [9.17, 15) is 0 Å². The maximum absolute atomic E-state index is 4.62. The number of halogens is 2. The number of rotatable bonds is 6. The van der Waals surface area contributed by atoms with Crippen LogP contribution in [0.3, 0.4) is 0 Å². The third kappa shape index (κ3) is 7.09. The van der Waals surface area contributed by atoms with E-state index in [0.717, 1.165) is 48.8 Å². The summed E-state index contributed by atoms with van der Waals surface area (Å²) in [5.41, 5.74) is 1.29. The van der Waals surface area contributed by atoms with Crippen LogP contribution in [0.25, 0.3) is 0 Å². The van der Waals surface area contributed by atoms with E-state index in [1.54, 1.807) is 0 Å². The van der Waals surface area contributed by atoms with Crippen molar-refractivity contribution in [2.45, 2.75) is 19.4 Å². The Kier molecular flexibility index (Phi) is 10.4. The molecule has 0 radical (unpaired) electrons. The maximum Gasteiger partial charge on any atom is 0.191 e. The lowest BCUT2D eigenvalue weighted by molar-refractivity contribution is 0.650. The fourth-order valence-electron chi connectivity index (χ4n) is 2.53. The molecule has 130 valence electrons. The molecule has 1 fully saturated rings. The molecule has 23 heavy (non-hydrogen) atoms. The van der Waals surface area contributed by atoms with Gasteiger partial charge in [0.2, 0.25) is 0 Å². The fraction of sp³-hybridized carbons (Fsp3) is 0.562. The van der Waals surface area contributed by atoms with Crippen LogP contribution in [0.4, 0.5) is 5.69 Å². The molecular formula is C16H26BrIN4S. The highest BCUT2D eigenvalue weighted by Gasteiger charge is 2.23. The highest BCUT2D eigenvalue weighted by molar-refractivity contribution is 14.0. The van der Waals surface area contributed by atoms with Crippen LogP contribution in [0.5, 0.6) is 0 Å². The highest BCUT2D eigenvalue weighted by Crippen LogP contribution is 2.22. The molecule has 2 N–H and O–H groups in total. The van der Waals surface area contributed by atoms with Crippen LogP contribution in [0, 0.1) is 0 Å². The Morgan fingerprint density at radius 2 is 2.13 bits per heavy atom. The number of anilines is 1. The Bertz CT molecular complexity index is 483. The fourth-order valence-corrected chi connectivity index (χ4v) is 3.06. The van der Waals surface area contributed by atoms with Crippen molar-refractivity contribution in [2.24, 2.45) is 4.99 Å². The molecule has 1 unspecified atom stereocenters. The second kappa shape index (κ2) is 11.4. The minimum Gasteiger partial charge on any atom is -0.369 e. The van der Waals surface area contributed by atoms with Crippen LogP contribution in [0.15, 0.2) is 33.7 Å². The Morgan fingerprint density at radius 1 is 1.39 bits per heavy atom. The number of hydrogen-bond donors (Lipinski definition) is 2. The molecule has 0 bridgehead atoms. The molecule has 1 heterocycles. The van der Waals surface area contributed by atoms with Gasteiger partial charge in [-0.2, -0.15) is 11.8 Å². The van der Waals surface area contributed by atoms with Crippen molar-refractivity contribution in [3.8, 4) is 0 Å². The molecule has 0 aromatic heterocycles. The van der Waals surface area contributed by atoms with E-state index < -0.39 is 0 Å². The van der Waals surface area contributed by atoms with Gasteiger partial charge in [-0.25, -0.2) is 0 Å². The lowest BCUT2D eigenvalue weighted by Crippen LogP contribution is -2.44. The summed E-state index contributed by atoms with van der Waals surface area (Å²) in [6, 6.07) is 9.00. The lowest BCUT2D eigenvalue weighted by Gasteiger charge is -2.20. The quantitative estimate of drug-likeness (QED) is 0.264. The van der Waals surface area contributed by atoms with Crippen molar-refractivity contribution >= 4 is 63.3 Å². The molecule has 0 saturated carbocycles. The van der Waals surface area contributed by atoms with Gasteiger partial charge < -0.3 is 15.5 Å². The molecule has 0 aliphatic carbocycles. The first-order valence-electron chi connectivity index (χ1n) is 7.77. The summed E-state index contributed by atoms with van der Waals surface area (Å²) in [5.74, 6) is 2.01. The minimum absolute atomic E-state index is 0. The van der Waals surface area contributed by atoms with Crippen LogP contribution < -0.4 is 15.5 Å². The Morgan fingerprint density at radius 3 is 2.78 bits per heavy atom. The summed E-state index contributed by atoms with van der Waals surface area (Å²) < 4.78 is 1.13. The van der Waals surface area contributed by atoms with Crippen molar-refractivity contribution in [3.05, 3.63) is 28.7 Å². The molecule has 1 atom stereocenters. The Labute approximate surface area is 169 Å². The summed E-state index contributed by atoms with van der Waals surface area (Å²) in [5, 5.41) is 6.90. The van der Waals surface area contributed by atoms with Gasteiger partial charge in [0, 0.05) is 41.6 Å². The van der Waals surface area contributed by atoms with Gasteiger partial charge in [0.15, 0.2) is 5.96 Å². The smallest absolute Gasteiger partial charge is 0.191 e. The van der Waals surface area contributed by atoms with Crippen molar-refractivity contribution < 1.29 is 0 Å².